The van der Waals surface area contributed by atoms with E-state index in [1.165, 1.54) is 0 Å². The number of carbonyl (C=O) groups excluding carboxylic acids is 2. The van der Waals surface area contributed by atoms with E-state index in [1.807, 2.05) is 59.3 Å². The average Bonchev–Trinajstić information content (AvgIpc) is 3.20. The van der Waals surface area contributed by atoms with Crippen molar-refractivity contribution in [3.05, 3.63) is 65.9 Å². The molecule has 1 aromatic heterocycles. The minimum absolute atomic E-state index is 0.0849. The molecule has 0 aliphatic carbocycles. The molecule has 2 aromatic carbocycles. The van der Waals surface area contributed by atoms with Crippen molar-refractivity contribution in [1.82, 2.24) is 25.3 Å². The predicted octanol–water partition coefficient (Wildman–Crippen LogP) is 3.00. The molecule has 0 radical (unpaired) electrons. The lowest BCUT2D eigenvalue weighted by molar-refractivity contribution is -0.121. The van der Waals surface area contributed by atoms with Gasteiger partial charge in [-0.15, -0.1) is 0 Å². The van der Waals surface area contributed by atoms with Crippen molar-refractivity contribution in [2.75, 3.05) is 26.2 Å². The maximum Gasteiger partial charge on any atom is 0.272 e. The van der Waals surface area contributed by atoms with E-state index in [2.05, 4.69) is 27.6 Å². The van der Waals surface area contributed by atoms with E-state index in [9.17, 15) is 9.59 Å². The van der Waals surface area contributed by atoms with E-state index < -0.39 is 0 Å². The van der Waals surface area contributed by atoms with E-state index in [4.69, 9.17) is 0 Å². The summed E-state index contributed by atoms with van der Waals surface area (Å²) < 4.78 is 1.92. The zero-order chi connectivity index (χ0) is 23.0. The predicted molar refractivity (Wildman–Crippen MR) is 130 cm³/mol. The summed E-state index contributed by atoms with van der Waals surface area (Å²) in [5.41, 5.74) is 2.54. The number of aromatic nitrogens is 2. The minimum Gasteiger partial charge on any atom is -0.353 e. The largest absolute Gasteiger partial charge is 0.353 e. The molecule has 1 fully saturated rings. The first-order valence-corrected chi connectivity index (χ1v) is 11.9. The first-order chi connectivity index (χ1) is 16.1. The molecule has 1 aliphatic rings. The Labute approximate surface area is 195 Å². The highest BCUT2D eigenvalue weighted by Crippen LogP contribution is 2.19. The summed E-state index contributed by atoms with van der Waals surface area (Å²) in [6, 6.07) is 17.9. The third-order valence-electron chi connectivity index (χ3n) is 6.18. The Kier molecular flexibility index (Phi) is 7.73. The molecule has 2 N–H and O–H groups in total. The van der Waals surface area contributed by atoms with Gasteiger partial charge in [0.1, 0.15) is 0 Å². The highest BCUT2D eigenvalue weighted by molar-refractivity contribution is 6.04. The maximum absolute atomic E-state index is 12.8. The summed E-state index contributed by atoms with van der Waals surface area (Å²) in [7, 11) is 0. The summed E-state index contributed by atoms with van der Waals surface area (Å²) in [6.45, 7) is 6.11. The number of nitrogens with one attached hydrogen (secondary N) is 2. The number of para-hydroxylation sites is 1. The molecule has 7 nitrogen and oxygen atoms in total. The second-order valence-corrected chi connectivity index (χ2v) is 8.69. The van der Waals surface area contributed by atoms with Crippen LogP contribution in [0.15, 0.2) is 54.6 Å². The maximum atomic E-state index is 12.8. The fourth-order valence-electron chi connectivity index (χ4n) is 4.45. The Morgan fingerprint density at radius 1 is 1.00 bits per heavy atom. The second-order valence-electron chi connectivity index (χ2n) is 8.69. The molecular formula is C26H33N5O2. The van der Waals surface area contributed by atoms with Gasteiger partial charge in [0.25, 0.3) is 5.91 Å². The fraction of sp³-hybridized carbons (Fsp3) is 0.423. The summed E-state index contributed by atoms with van der Waals surface area (Å²) in [6.07, 6.45) is 3.26. The molecule has 174 valence electrons. The van der Waals surface area contributed by atoms with Crippen LogP contribution in [-0.4, -0.2) is 58.7 Å². The van der Waals surface area contributed by atoms with Crippen LogP contribution in [0.1, 0.15) is 42.2 Å². The van der Waals surface area contributed by atoms with Crippen molar-refractivity contribution in [1.29, 1.82) is 0 Å². The number of hydrogen-bond acceptors (Lipinski definition) is 4. The fourth-order valence-corrected chi connectivity index (χ4v) is 4.45. The van der Waals surface area contributed by atoms with Crippen LogP contribution in [0, 0.1) is 0 Å². The third-order valence-corrected chi connectivity index (χ3v) is 6.18. The Bertz CT molecular complexity index is 1070. The van der Waals surface area contributed by atoms with Crippen molar-refractivity contribution in [3.63, 3.8) is 0 Å². The van der Waals surface area contributed by atoms with E-state index in [1.54, 1.807) is 0 Å². The molecule has 0 unspecified atom stereocenters. The first-order valence-electron chi connectivity index (χ1n) is 11.9. The van der Waals surface area contributed by atoms with Gasteiger partial charge < -0.3 is 15.5 Å². The Morgan fingerprint density at radius 2 is 1.73 bits per heavy atom. The quantitative estimate of drug-likeness (QED) is 0.529. The Hall–Kier alpha value is -3.19. The lowest BCUT2D eigenvalue weighted by Gasteiger charge is -2.32. The van der Waals surface area contributed by atoms with Gasteiger partial charge in [-0.2, -0.15) is 5.10 Å². The Morgan fingerprint density at radius 3 is 2.48 bits per heavy atom. The average molecular weight is 448 g/mol. The standard InChI is InChI=1S/C26H33N5O2/c1-2-15-31-23-11-7-6-10-22(23)25(29-31)26(33)27-14-18-30-16-12-21(13-17-30)28-24(32)19-20-8-4-3-5-9-20/h3-11,21H,2,12-19H2,1H3,(H,27,33)(H,28,32). The van der Waals surface area contributed by atoms with E-state index in [0.29, 0.717) is 18.7 Å². The lowest BCUT2D eigenvalue weighted by atomic mass is 10.0. The van der Waals surface area contributed by atoms with Crippen LogP contribution in [0.2, 0.25) is 0 Å². The van der Waals surface area contributed by atoms with Crippen LogP contribution in [0.5, 0.6) is 0 Å². The number of piperidine rings is 1. The van der Waals surface area contributed by atoms with Crippen molar-refractivity contribution in [3.8, 4) is 0 Å². The van der Waals surface area contributed by atoms with Crippen molar-refractivity contribution in [2.24, 2.45) is 0 Å². The van der Waals surface area contributed by atoms with Crippen molar-refractivity contribution >= 4 is 22.7 Å². The van der Waals surface area contributed by atoms with Gasteiger partial charge in [-0.05, 0) is 30.9 Å². The topological polar surface area (TPSA) is 79.3 Å². The van der Waals surface area contributed by atoms with Crippen molar-refractivity contribution in [2.45, 2.75) is 45.2 Å². The van der Waals surface area contributed by atoms with Crippen molar-refractivity contribution < 1.29 is 9.59 Å². The molecule has 4 rings (SSSR count). The van der Waals surface area contributed by atoms with E-state index >= 15 is 0 Å². The van der Waals surface area contributed by atoms with E-state index in [-0.39, 0.29) is 17.9 Å². The molecule has 2 heterocycles. The molecular weight excluding hydrogens is 414 g/mol. The number of likely N-dealkylation sites (tertiary alicyclic amines) is 1. The van der Waals surface area contributed by atoms with Gasteiger partial charge in [0.15, 0.2) is 5.69 Å². The SMILES string of the molecule is CCCn1nc(C(=O)NCCN2CCC(NC(=O)Cc3ccccc3)CC2)c2ccccc21. The van der Waals surface area contributed by atoms with Crippen LogP contribution in [0.25, 0.3) is 10.9 Å². The molecule has 0 bridgehead atoms. The molecule has 0 saturated carbocycles. The molecule has 7 heteroatoms. The van der Waals surface area contributed by atoms with Gasteiger partial charge in [0.05, 0.1) is 11.9 Å². The zero-order valence-electron chi connectivity index (χ0n) is 19.3. The number of benzene rings is 2. The van der Waals surface area contributed by atoms with Gasteiger partial charge in [0.2, 0.25) is 5.91 Å². The number of aryl methyl sites for hydroxylation is 1. The van der Waals surface area contributed by atoms with Crippen LogP contribution >= 0.6 is 0 Å². The molecule has 0 atom stereocenters. The summed E-state index contributed by atoms with van der Waals surface area (Å²) in [5, 5.41) is 11.7. The summed E-state index contributed by atoms with van der Waals surface area (Å²) in [4.78, 5) is 27.4. The smallest absolute Gasteiger partial charge is 0.272 e. The number of fused-ring (bicyclic) bond motifs is 1. The monoisotopic (exact) mass is 447 g/mol. The molecule has 1 saturated heterocycles. The second kappa shape index (κ2) is 11.1. The van der Waals surface area contributed by atoms with Gasteiger partial charge in [-0.25, -0.2) is 0 Å². The molecule has 3 aromatic rings. The van der Waals surface area contributed by atoms with Gasteiger partial charge in [0, 0.05) is 44.2 Å². The number of rotatable bonds is 9. The zero-order valence-corrected chi connectivity index (χ0v) is 19.3. The first kappa shape index (κ1) is 23.0. The summed E-state index contributed by atoms with van der Waals surface area (Å²) in [5.74, 6) is -0.0363. The normalized spacial score (nSPS) is 14.9. The van der Waals surface area contributed by atoms with Crippen LogP contribution in [0.3, 0.4) is 0 Å². The van der Waals surface area contributed by atoms with Crippen LogP contribution in [-0.2, 0) is 17.8 Å². The Balaban J connectivity index is 1.20. The molecule has 33 heavy (non-hydrogen) atoms. The van der Waals surface area contributed by atoms with Gasteiger partial charge in [-0.3, -0.25) is 14.3 Å². The number of amides is 2. The highest BCUT2D eigenvalue weighted by Gasteiger charge is 2.21. The van der Waals surface area contributed by atoms with Gasteiger partial charge in [-0.1, -0.05) is 55.5 Å². The highest BCUT2D eigenvalue weighted by atomic mass is 16.2. The van der Waals surface area contributed by atoms with Crippen LogP contribution < -0.4 is 10.6 Å². The third kappa shape index (κ3) is 5.99. The number of hydrogen-bond donors (Lipinski definition) is 2. The van der Waals surface area contributed by atoms with Crippen LogP contribution in [0.4, 0.5) is 0 Å². The summed E-state index contributed by atoms with van der Waals surface area (Å²) >= 11 is 0. The molecule has 1 aliphatic heterocycles. The lowest BCUT2D eigenvalue weighted by Crippen LogP contribution is -2.46. The number of carbonyl (C=O) groups is 2. The molecule has 0 spiro atoms. The van der Waals surface area contributed by atoms with E-state index in [0.717, 1.165) is 61.9 Å². The van der Waals surface area contributed by atoms with Gasteiger partial charge >= 0.3 is 0 Å². The molecule has 2 amide bonds. The number of nitrogens with zero attached hydrogens (tertiary/aromatic N) is 3. The minimum atomic E-state index is -0.121.